The molecule has 0 saturated carbocycles. The first-order chi connectivity index (χ1) is 9.90. The van der Waals surface area contributed by atoms with Crippen molar-refractivity contribution >= 4 is 17.8 Å². The standard InChI is InChI=1S/C11H17F3N6O/c1-15-8-17-9(16-6-7(21)11(12,13)14)19-10(18-8)20-4-2-3-5-20/h7,21H,2-6H2,1H3,(H2,15,16,17,18,19). The van der Waals surface area contributed by atoms with Crippen molar-refractivity contribution in [2.24, 2.45) is 0 Å². The lowest BCUT2D eigenvalue weighted by Gasteiger charge is -2.18. The van der Waals surface area contributed by atoms with E-state index in [0.717, 1.165) is 25.9 Å². The highest BCUT2D eigenvalue weighted by Crippen LogP contribution is 2.21. The van der Waals surface area contributed by atoms with Gasteiger partial charge in [-0.2, -0.15) is 28.1 Å². The van der Waals surface area contributed by atoms with Gasteiger partial charge < -0.3 is 20.6 Å². The fraction of sp³-hybridized carbons (Fsp3) is 0.727. The normalized spacial score (nSPS) is 16.9. The van der Waals surface area contributed by atoms with Crippen LogP contribution in [0.2, 0.25) is 0 Å². The van der Waals surface area contributed by atoms with Gasteiger partial charge in [-0.15, -0.1) is 0 Å². The van der Waals surface area contributed by atoms with Crippen molar-refractivity contribution in [3.63, 3.8) is 0 Å². The monoisotopic (exact) mass is 306 g/mol. The number of hydrogen-bond acceptors (Lipinski definition) is 7. The lowest BCUT2D eigenvalue weighted by molar-refractivity contribution is -0.198. The molecule has 0 bridgehead atoms. The second kappa shape index (κ2) is 6.29. The van der Waals surface area contributed by atoms with Crippen LogP contribution >= 0.6 is 0 Å². The van der Waals surface area contributed by atoms with Crippen LogP contribution in [-0.4, -0.2) is 59.0 Å². The molecule has 1 aliphatic heterocycles. The summed E-state index contributed by atoms with van der Waals surface area (Å²) in [7, 11) is 1.61. The van der Waals surface area contributed by atoms with Crippen molar-refractivity contribution in [3.05, 3.63) is 0 Å². The van der Waals surface area contributed by atoms with Crippen LogP contribution in [0.25, 0.3) is 0 Å². The summed E-state index contributed by atoms with van der Waals surface area (Å²) in [6.07, 6.45) is -5.10. The predicted molar refractivity (Wildman–Crippen MR) is 71.4 cm³/mol. The van der Waals surface area contributed by atoms with Crippen LogP contribution in [0.15, 0.2) is 0 Å². The Hall–Kier alpha value is -1.84. The van der Waals surface area contributed by atoms with Crippen LogP contribution in [0.4, 0.5) is 31.0 Å². The minimum Gasteiger partial charge on any atom is -0.382 e. The van der Waals surface area contributed by atoms with Gasteiger partial charge in [0.2, 0.25) is 17.8 Å². The molecule has 0 aliphatic carbocycles. The van der Waals surface area contributed by atoms with E-state index in [-0.39, 0.29) is 11.9 Å². The SMILES string of the molecule is CNc1nc(NCC(O)C(F)(F)F)nc(N2CCCC2)n1. The van der Waals surface area contributed by atoms with Crippen LogP contribution in [0, 0.1) is 0 Å². The van der Waals surface area contributed by atoms with Crippen molar-refractivity contribution in [2.75, 3.05) is 42.2 Å². The van der Waals surface area contributed by atoms with E-state index in [1.807, 2.05) is 4.90 Å². The van der Waals surface area contributed by atoms with Gasteiger partial charge in [-0.3, -0.25) is 0 Å². The quantitative estimate of drug-likeness (QED) is 0.743. The summed E-state index contributed by atoms with van der Waals surface area (Å²) in [5.74, 6) is 0.672. The first-order valence-corrected chi connectivity index (χ1v) is 6.57. The number of hydrogen-bond donors (Lipinski definition) is 3. The topological polar surface area (TPSA) is 86.2 Å². The number of nitrogens with one attached hydrogen (secondary N) is 2. The zero-order valence-electron chi connectivity index (χ0n) is 11.5. The minimum atomic E-state index is -4.68. The summed E-state index contributed by atoms with van der Waals surface area (Å²) in [5.41, 5.74) is 0. The Bertz CT molecular complexity index is 478. The molecular weight excluding hydrogens is 289 g/mol. The highest BCUT2D eigenvalue weighted by molar-refractivity contribution is 5.44. The number of rotatable bonds is 5. The Morgan fingerprint density at radius 3 is 2.38 bits per heavy atom. The van der Waals surface area contributed by atoms with Gasteiger partial charge in [0.05, 0.1) is 6.54 Å². The van der Waals surface area contributed by atoms with Crippen molar-refractivity contribution in [2.45, 2.75) is 25.1 Å². The number of halogens is 3. The van der Waals surface area contributed by atoms with E-state index in [9.17, 15) is 13.2 Å². The van der Waals surface area contributed by atoms with Gasteiger partial charge in [-0.25, -0.2) is 0 Å². The Morgan fingerprint density at radius 1 is 1.19 bits per heavy atom. The molecule has 2 heterocycles. The fourth-order valence-electron chi connectivity index (χ4n) is 1.92. The lowest BCUT2D eigenvalue weighted by Crippen LogP contribution is -2.35. The molecule has 118 valence electrons. The molecule has 3 N–H and O–H groups in total. The number of aromatic nitrogens is 3. The Labute approximate surface area is 119 Å². The van der Waals surface area contributed by atoms with Crippen molar-refractivity contribution in [1.29, 1.82) is 0 Å². The summed E-state index contributed by atoms with van der Waals surface area (Å²) in [4.78, 5) is 14.1. The van der Waals surface area contributed by atoms with Gasteiger partial charge in [0, 0.05) is 20.1 Å². The molecule has 0 aromatic carbocycles. The Kier molecular flexibility index (Phi) is 4.66. The Morgan fingerprint density at radius 2 is 1.81 bits per heavy atom. The van der Waals surface area contributed by atoms with E-state index in [1.165, 1.54) is 0 Å². The molecule has 1 atom stereocenters. The minimum absolute atomic E-state index is 0.000417. The molecule has 2 rings (SSSR count). The van der Waals surface area contributed by atoms with E-state index in [2.05, 4.69) is 25.6 Å². The van der Waals surface area contributed by atoms with Gasteiger partial charge in [-0.05, 0) is 12.8 Å². The van der Waals surface area contributed by atoms with Gasteiger partial charge in [0.1, 0.15) is 0 Å². The number of alkyl halides is 3. The van der Waals surface area contributed by atoms with E-state index in [0.29, 0.717) is 5.95 Å². The number of aliphatic hydroxyl groups is 1. The van der Waals surface area contributed by atoms with Crippen LogP contribution in [0.1, 0.15) is 12.8 Å². The zero-order valence-corrected chi connectivity index (χ0v) is 11.5. The zero-order chi connectivity index (χ0) is 15.5. The molecule has 1 fully saturated rings. The summed E-state index contributed by atoms with van der Waals surface area (Å²) >= 11 is 0. The molecule has 0 radical (unpaired) electrons. The first kappa shape index (κ1) is 15.5. The number of nitrogens with zero attached hydrogens (tertiary/aromatic N) is 4. The lowest BCUT2D eigenvalue weighted by atomic mass is 10.3. The number of aliphatic hydroxyl groups excluding tert-OH is 1. The molecule has 0 amide bonds. The van der Waals surface area contributed by atoms with Crippen LogP contribution in [0.3, 0.4) is 0 Å². The molecule has 7 nitrogen and oxygen atoms in total. The third-order valence-corrected chi connectivity index (χ3v) is 3.07. The predicted octanol–water partition coefficient (Wildman–Crippen LogP) is 0.849. The van der Waals surface area contributed by atoms with Crippen molar-refractivity contribution in [1.82, 2.24) is 15.0 Å². The van der Waals surface area contributed by atoms with E-state index in [1.54, 1.807) is 7.05 Å². The maximum absolute atomic E-state index is 12.3. The maximum Gasteiger partial charge on any atom is 0.416 e. The summed E-state index contributed by atoms with van der Waals surface area (Å²) in [5, 5.41) is 14.1. The smallest absolute Gasteiger partial charge is 0.382 e. The number of anilines is 3. The molecule has 1 aliphatic rings. The second-order valence-corrected chi connectivity index (χ2v) is 4.67. The van der Waals surface area contributed by atoms with E-state index in [4.69, 9.17) is 5.11 Å². The average Bonchev–Trinajstić information content (AvgIpc) is 2.97. The van der Waals surface area contributed by atoms with Crippen molar-refractivity contribution in [3.8, 4) is 0 Å². The Balaban J connectivity index is 2.09. The van der Waals surface area contributed by atoms with E-state index < -0.39 is 18.8 Å². The molecule has 21 heavy (non-hydrogen) atoms. The second-order valence-electron chi connectivity index (χ2n) is 4.67. The third-order valence-electron chi connectivity index (χ3n) is 3.07. The third kappa shape index (κ3) is 4.06. The molecule has 1 saturated heterocycles. The summed E-state index contributed by atoms with van der Waals surface area (Å²) < 4.78 is 36.8. The molecule has 1 aromatic rings. The maximum atomic E-state index is 12.3. The van der Waals surface area contributed by atoms with Crippen LogP contribution < -0.4 is 15.5 Å². The average molecular weight is 306 g/mol. The first-order valence-electron chi connectivity index (χ1n) is 6.57. The van der Waals surface area contributed by atoms with Gasteiger partial charge in [0.25, 0.3) is 0 Å². The fourth-order valence-corrected chi connectivity index (χ4v) is 1.92. The molecular formula is C11H17F3N6O. The highest BCUT2D eigenvalue weighted by atomic mass is 19.4. The molecule has 10 heteroatoms. The van der Waals surface area contributed by atoms with E-state index >= 15 is 0 Å². The highest BCUT2D eigenvalue weighted by Gasteiger charge is 2.38. The van der Waals surface area contributed by atoms with Gasteiger partial charge in [-0.1, -0.05) is 0 Å². The molecule has 1 unspecified atom stereocenters. The summed E-state index contributed by atoms with van der Waals surface area (Å²) in [6, 6.07) is 0. The summed E-state index contributed by atoms with van der Waals surface area (Å²) in [6.45, 7) is 0.895. The molecule has 0 spiro atoms. The molecule has 1 aromatic heterocycles. The van der Waals surface area contributed by atoms with Crippen LogP contribution in [-0.2, 0) is 0 Å². The van der Waals surface area contributed by atoms with Crippen molar-refractivity contribution < 1.29 is 18.3 Å². The van der Waals surface area contributed by atoms with Gasteiger partial charge in [0.15, 0.2) is 6.10 Å². The van der Waals surface area contributed by atoms with Crippen LogP contribution in [0.5, 0.6) is 0 Å². The largest absolute Gasteiger partial charge is 0.416 e. The van der Waals surface area contributed by atoms with Gasteiger partial charge >= 0.3 is 6.18 Å².